The van der Waals surface area contributed by atoms with Gasteiger partial charge in [0.25, 0.3) is 0 Å². The van der Waals surface area contributed by atoms with E-state index in [-0.39, 0.29) is 24.0 Å². The smallest absolute Gasteiger partial charge is 0.191 e. The van der Waals surface area contributed by atoms with Crippen LogP contribution >= 0.6 is 24.0 Å². The molecule has 1 aromatic carbocycles. The van der Waals surface area contributed by atoms with Gasteiger partial charge in [-0.15, -0.1) is 24.0 Å². The van der Waals surface area contributed by atoms with E-state index >= 15 is 0 Å². The number of aryl methyl sites for hydroxylation is 1. The van der Waals surface area contributed by atoms with E-state index in [1.807, 2.05) is 30.3 Å². The summed E-state index contributed by atoms with van der Waals surface area (Å²) in [4.78, 5) is 8.50. The van der Waals surface area contributed by atoms with Crippen molar-refractivity contribution in [1.29, 1.82) is 0 Å². The number of aliphatic imine (C=N–C) groups is 1. The average Bonchev–Trinajstić information content (AvgIpc) is 2.62. The second kappa shape index (κ2) is 11.7. The number of benzene rings is 1. The number of rotatable bonds is 7. The first-order valence-electron chi connectivity index (χ1n) is 7.79. The van der Waals surface area contributed by atoms with Crippen LogP contribution in [0.25, 0.3) is 0 Å². The second-order valence-electron chi connectivity index (χ2n) is 5.13. The van der Waals surface area contributed by atoms with E-state index < -0.39 is 0 Å². The van der Waals surface area contributed by atoms with Crippen LogP contribution in [0.15, 0.2) is 53.7 Å². The summed E-state index contributed by atoms with van der Waals surface area (Å²) >= 11 is 0. The molecule has 0 aliphatic carbocycles. The zero-order valence-electron chi connectivity index (χ0n) is 14.2. The summed E-state index contributed by atoms with van der Waals surface area (Å²) in [5.41, 5.74) is 2.27. The minimum Gasteiger partial charge on any atom is -0.497 e. The van der Waals surface area contributed by atoms with Crippen LogP contribution in [0.1, 0.15) is 17.7 Å². The van der Waals surface area contributed by atoms with Gasteiger partial charge >= 0.3 is 0 Å². The molecule has 0 spiro atoms. The van der Waals surface area contributed by atoms with Gasteiger partial charge in [0.05, 0.1) is 19.3 Å². The minimum atomic E-state index is 0. The quantitative estimate of drug-likeness (QED) is 0.301. The highest BCUT2D eigenvalue weighted by Crippen LogP contribution is 2.13. The maximum atomic E-state index is 5.24. The number of ether oxygens (including phenoxy) is 1. The van der Waals surface area contributed by atoms with Crippen molar-refractivity contribution in [2.24, 2.45) is 4.99 Å². The lowest BCUT2D eigenvalue weighted by Gasteiger charge is -2.11. The van der Waals surface area contributed by atoms with Crippen LogP contribution in [-0.2, 0) is 13.0 Å². The van der Waals surface area contributed by atoms with Crippen LogP contribution < -0.4 is 15.4 Å². The number of halogens is 1. The molecule has 5 nitrogen and oxygen atoms in total. The van der Waals surface area contributed by atoms with Crippen molar-refractivity contribution in [3.63, 3.8) is 0 Å². The molecule has 24 heavy (non-hydrogen) atoms. The predicted octanol–water partition coefficient (Wildman–Crippen LogP) is 3.01. The molecule has 1 heterocycles. The van der Waals surface area contributed by atoms with Crippen molar-refractivity contribution in [1.82, 2.24) is 15.6 Å². The summed E-state index contributed by atoms with van der Waals surface area (Å²) in [7, 11) is 3.47. The second-order valence-corrected chi connectivity index (χ2v) is 5.13. The Kier molecular flexibility index (Phi) is 9.83. The first kappa shape index (κ1) is 20.2. The number of pyridine rings is 1. The molecule has 130 valence electrons. The Hall–Kier alpha value is -1.83. The molecule has 0 fully saturated rings. The van der Waals surface area contributed by atoms with E-state index in [9.17, 15) is 0 Å². The van der Waals surface area contributed by atoms with E-state index in [4.69, 9.17) is 4.74 Å². The van der Waals surface area contributed by atoms with Crippen LogP contribution in [0.4, 0.5) is 0 Å². The SMILES string of the molecule is CN=C(NCCCc1cccc(OC)c1)NCc1ccccn1.I. The van der Waals surface area contributed by atoms with Crippen molar-refractivity contribution in [2.45, 2.75) is 19.4 Å². The van der Waals surface area contributed by atoms with E-state index in [2.05, 4.69) is 32.7 Å². The number of aromatic nitrogens is 1. The average molecular weight is 440 g/mol. The minimum absolute atomic E-state index is 0. The van der Waals surface area contributed by atoms with Gasteiger partial charge in [0.2, 0.25) is 0 Å². The Morgan fingerprint density at radius 3 is 2.75 bits per heavy atom. The van der Waals surface area contributed by atoms with Crippen LogP contribution in [0.2, 0.25) is 0 Å². The lowest BCUT2D eigenvalue weighted by molar-refractivity contribution is 0.414. The normalized spacial score (nSPS) is 10.7. The molecule has 2 aromatic rings. The molecule has 2 rings (SSSR count). The van der Waals surface area contributed by atoms with Crippen LogP contribution in [0.5, 0.6) is 5.75 Å². The van der Waals surface area contributed by atoms with E-state index in [1.54, 1.807) is 20.4 Å². The monoisotopic (exact) mass is 440 g/mol. The summed E-state index contributed by atoms with van der Waals surface area (Å²) in [5.74, 6) is 1.70. The summed E-state index contributed by atoms with van der Waals surface area (Å²) in [5, 5.41) is 6.58. The zero-order chi connectivity index (χ0) is 16.3. The van der Waals surface area contributed by atoms with Crippen LogP contribution in [0, 0.1) is 0 Å². The summed E-state index contributed by atoms with van der Waals surface area (Å²) < 4.78 is 5.24. The van der Waals surface area contributed by atoms with Crippen LogP contribution in [-0.4, -0.2) is 31.6 Å². The Morgan fingerprint density at radius 1 is 1.17 bits per heavy atom. The first-order chi connectivity index (χ1) is 11.3. The number of guanidine groups is 1. The largest absolute Gasteiger partial charge is 0.497 e. The molecule has 6 heteroatoms. The molecular weight excluding hydrogens is 415 g/mol. The lowest BCUT2D eigenvalue weighted by atomic mass is 10.1. The lowest BCUT2D eigenvalue weighted by Crippen LogP contribution is -2.37. The van der Waals surface area contributed by atoms with Crippen molar-refractivity contribution < 1.29 is 4.74 Å². The maximum Gasteiger partial charge on any atom is 0.191 e. The molecule has 0 bridgehead atoms. The third-order valence-corrected chi connectivity index (χ3v) is 3.46. The van der Waals surface area contributed by atoms with Gasteiger partial charge in [-0.1, -0.05) is 18.2 Å². The number of hydrogen-bond acceptors (Lipinski definition) is 3. The first-order valence-corrected chi connectivity index (χ1v) is 7.79. The van der Waals surface area contributed by atoms with E-state index in [0.717, 1.165) is 36.8 Å². The molecule has 2 N–H and O–H groups in total. The zero-order valence-corrected chi connectivity index (χ0v) is 16.5. The van der Waals surface area contributed by atoms with Gasteiger partial charge in [-0.3, -0.25) is 9.98 Å². The molecule has 0 aliphatic rings. The summed E-state index contributed by atoms with van der Waals surface area (Å²) in [6, 6.07) is 14.1. The molecular formula is C18H25IN4O. The van der Waals surface area contributed by atoms with Gasteiger partial charge in [-0.05, 0) is 42.7 Å². The van der Waals surface area contributed by atoms with Crippen molar-refractivity contribution in [3.8, 4) is 5.75 Å². The van der Waals surface area contributed by atoms with Gasteiger partial charge in [-0.25, -0.2) is 0 Å². The number of methoxy groups -OCH3 is 1. The standard InChI is InChI=1S/C18H24N4O.HI/c1-19-18(22-14-16-9-3-4-11-20-16)21-12-6-8-15-7-5-10-17(13-15)23-2;/h3-5,7,9-11,13H,6,8,12,14H2,1-2H3,(H2,19,21,22);1H. The van der Waals surface area contributed by atoms with Gasteiger partial charge < -0.3 is 15.4 Å². The molecule has 0 radical (unpaired) electrons. The number of nitrogens with zero attached hydrogens (tertiary/aromatic N) is 2. The summed E-state index contributed by atoms with van der Waals surface area (Å²) in [6.45, 7) is 1.52. The van der Waals surface area contributed by atoms with Crippen molar-refractivity contribution in [2.75, 3.05) is 20.7 Å². The van der Waals surface area contributed by atoms with E-state index in [1.165, 1.54) is 5.56 Å². The Balaban J connectivity index is 0.00000288. The third kappa shape index (κ3) is 7.16. The molecule has 0 saturated carbocycles. The Bertz CT molecular complexity index is 619. The Labute approximate surface area is 161 Å². The van der Waals surface area contributed by atoms with Crippen molar-refractivity contribution in [3.05, 3.63) is 59.9 Å². The molecule has 0 saturated heterocycles. The highest BCUT2D eigenvalue weighted by atomic mass is 127. The highest BCUT2D eigenvalue weighted by molar-refractivity contribution is 14.0. The molecule has 1 aromatic heterocycles. The predicted molar refractivity (Wildman–Crippen MR) is 109 cm³/mol. The molecule has 0 amide bonds. The summed E-state index contributed by atoms with van der Waals surface area (Å²) in [6.07, 6.45) is 3.82. The molecule has 0 unspecified atom stereocenters. The topological polar surface area (TPSA) is 58.5 Å². The number of hydrogen-bond donors (Lipinski definition) is 2. The maximum absolute atomic E-state index is 5.24. The molecule has 0 aliphatic heterocycles. The van der Waals surface area contributed by atoms with Crippen LogP contribution in [0.3, 0.4) is 0 Å². The fraction of sp³-hybridized carbons (Fsp3) is 0.333. The van der Waals surface area contributed by atoms with Gasteiger partial charge in [0.1, 0.15) is 5.75 Å². The van der Waals surface area contributed by atoms with Gasteiger partial charge in [0, 0.05) is 19.8 Å². The fourth-order valence-electron chi connectivity index (χ4n) is 2.22. The number of nitrogens with one attached hydrogen (secondary N) is 2. The van der Waals surface area contributed by atoms with Crippen molar-refractivity contribution >= 4 is 29.9 Å². The highest BCUT2D eigenvalue weighted by Gasteiger charge is 2.00. The van der Waals surface area contributed by atoms with Gasteiger partial charge in [-0.2, -0.15) is 0 Å². The molecule has 0 atom stereocenters. The third-order valence-electron chi connectivity index (χ3n) is 3.46. The Morgan fingerprint density at radius 2 is 2.04 bits per heavy atom. The van der Waals surface area contributed by atoms with E-state index in [0.29, 0.717) is 6.54 Å². The fourth-order valence-corrected chi connectivity index (χ4v) is 2.22. The van der Waals surface area contributed by atoms with Gasteiger partial charge in [0.15, 0.2) is 5.96 Å².